The number of aromatic nitrogens is 2. The standard InChI is InChI=1S/C22H28N4O4S/c1-2-18-21(7-4-10-23-18)31(28,29)26-16-5-3-6-17(26)12-15(11-16)24-22(27)19-13-20(30-25-19)14-8-9-14/h4,7,10,13-17H,2-3,5-6,8-9,11-12H2,1H3,(H,24,27). The lowest BCUT2D eigenvalue weighted by molar-refractivity contribution is 0.0789. The molecule has 8 nitrogen and oxygen atoms in total. The van der Waals surface area contributed by atoms with Gasteiger partial charge in [-0.1, -0.05) is 18.5 Å². The summed E-state index contributed by atoms with van der Waals surface area (Å²) < 4.78 is 34.2. The quantitative estimate of drug-likeness (QED) is 0.734. The molecule has 3 fully saturated rings. The lowest BCUT2D eigenvalue weighted by Crippen LogP contribution is -2.58. The Morgan fingerprint density at radius 3 is 2.65 bits per heavy atom. The SMILES string of the molecule is CCc1ncccc1S(=O)(=O)N1C2CCCC1CC(NC(=O)c1cc(C3CC3)on1)C2. The normalized spacial score (nSPS) is 26.5. The van der Waals surface area contributed by atoms with Crippen molar-refractivity contribution < 1.29 is 17.7 Å². The molecule has 166 valence electrons. The van der Waals surface area contributed by atoms with Crippen molar-refractivity contribution in [3.63, 3.8) is 0 Å². The van der Waals surface area contributed by atoms with Crippen LogP contribution in [0.2, 0.25) is 0 Å². The van der Waals surface area contributed by atoms with E-state index in [4.69, 9.17) is 4.52 Å². The monoisotopic (exact) mass is 444 g/mol. The van der Waals surface area contributed by atoms with Crippen molar-refractivity contribution in [3.8, 4) is 0 Å². The molecule has 1 amide bonds. The Balaban J connectivity index is 1.33. The highest BCUT2D eigenvalue weighted by atomic mass is 32.2. The molecule has 3 aliphatic rings. The largest absolute Gasteiger partial charge is 0.360 e. The topological polar surface area (TPSA) is 105 Å². The molecule has 1 saturated carbocycles. The molecule has 2 bridgehead atoms. The fourth-order valence-electron chi connectivity index (χ4n) is 5.10. The van der Waals surface area contributed by atoms with E-state index in [-0.39, 0.29) is 24.0 Å². The van der Waals surface area contributed by atoms with Gasteiger partial charge in [0.15, 0.2) is 5.69 Å². The molecule has 2 aromatic rings. The molecule has 2 aliphatic heterocycles. The number of piperidine rings is 2. The molecule has 9 heteroatoms. The van der Waals surface area contributed by atoms with Crippen LogP contribution in [0.5, 0.6) is 0 Å². The van der Waals surface area contributed by atoms with Crippen molar-refractivity contribution in [2.24, 2.45) is 0 Å². The van der Waals surface area contributed by atoms with Crippen molar-refractivity contribution in [2.45, 2.75) is 87.2 Å². The van der Waals surface area contributed by atoms with Crippen LogP contribution in [0.15, 0.2) is 33.8 Å². The first-order valence-corrected chi connectivity index (χ1v) is 12.7. The molecule has 1 N–H and O–H groups in total. The summed E-state index contributed by atoms with van der Waals surface area (Å²) in [7, 11) is -3.64. The summed E-state index contributed by atoms with van der Waals surface area (Å²) in [5.74, 6) is 0.948. The zero-order valence-corrected chi connectivity index (χ0v) is 18.5. The maximum atomic E-state index is 13.6. The molecule has 2 unspecified atom stereocenters. The van der Waals surface area contributed by atoms with E-state index in [2.05, 4.69) is 15.5 Å². The highest BCUT2D eigenvalue weighted by Gasteiger charge is 2.46. The third kappa shape index (κ3) is 3.89. The lowest BCUT2D eigenvalue weighted by Gasteiger charge is -2.47. The zero-order chi connectivity index (χ0) is 21.6. The van der Waals surface area contributed by atoms with Gasteiger partial charge in [-0.05, 0) is 57.1 Å². The first-order valence-electron chi connectivity index (χ1n) is 11.2. The number of sulfonamides is 1. The number of nitrogens with one attached hydrogen (secondary N) is 1. The number of hydrogen-bond acceptors (Lipinski definition) is 6. The van der Waals surface area contributed by atoms with Crippen molar-refractivity contribution >= 4 is 15.9 Å². The average molecular weight is 445 g/mol. The highest BCUT2D eigenvalue weighted by molar-refractivity contribution is 7.89. The van der Waals surface area contributed by atoms with Gasteiger partial charge in [0.1, 0.15) is 10.7 Å². The second-order valence-electron chi connectivity index (χ2n) is 8.91. The number of hydrogen-bond donors (Lipinski definition) is 1. The number of carbonyl (C=O) groups excluding carboxylic acids is 1. The van der Waals surface area contributed by atoms with Crippen LogP contribution in [0, 0.1) is 0 Å². The van der Waals surface area contributed by atoms with Crippen LogP contribution in [0.3, 0.4) is 0 Å². The molecule has 31 heavy (non-hydrogen) atoms. The van der Waals surface area contributed by atoms with Gasteiger partial charge in [-0.2, -0.15) is 4.31 Å². The van der Waals surface area contributed by atoms with Gasteiger partial charge >= 0.3 is 0 Å². The molecule has 0 aromatic carbocycles. The molecular formula is C22H28N4O4S. The van der Waals surface area contributed by atoms with Gasteiger partial charge in [-0.15, -0.1) is 0 Å². The number of fused-ring (bicyclic) bond motifs is 2. The molecule has 4 heterocycles. The van der Waals surface area contributed by atoms with E-state index in [0.717, 1.165) is 37.9 Å². The smallest absolute Gasteiger partial charge is 0.273 e. The maximum Gasteiger partial charge on any atom is 0.273 e. The van der Waals surface area contributed by atoms with Crippen LogP contribution in [0.25, 0.3) is 0 Å². The Kier molecular flexibility index (Phi) is 5.34. The van der Waals surface area contributed by atoms with Crippen LogP contribution in [0.4, 0.5) is 0 Å². The first kappa shape index (κ1) is 20.6. The molecule has 0 radical (unpaired) electrons. The van der Waals surface area contributed by atoms with Gasteiger partial charge in [0.05, 0.1) is 5.69 Å². The van der Waals surface area contributed by atoms with Gasteiger partial charge < -0.3 is 9.84 Å². The predicted octanol–water partition coefficient (Wildman–Crippen LogP) is 3.01. The van der Waals surface area contributed by atoms with Crippen molar-refractivity contribution in [1.82, 2.24) is 19.8 Å². The Morgan fingerprint density at radius 1 is 1.23 bits per heavy atom. The van der Waals surface area contributed by atoms with E-state index >= 15 is 0 Å². The number of aryl methyl sites for hydroxylation is 1. The molecule has 0 spiro atoms. The average Bonchev–Trinajstić information content (AvgIpc) is 3.49. The van der Waals surface area contributed by atoms with Gasteiger partial charge in [0.2, 0.25) is 10.0 Å². The number of amides is 1. The summed E-state index contributed by atoms with van der Waals surface area (Å²) in [5, 5.41) is 7.00. The van der Waals surface area contributed by atoms with E-state index in [1.54, 1.807) is 28.7 Å². The first-order chi connectivity index (χ1) is 15.0. The fraction of sp³-hybridized carbons (Fsp3) is 0.591. The minimum absolute atomic E-state index is 0.0742. The lowest BCUT2D eigenvalue weighted by atomic mass is 9.84. The molecule has 2 aromatic heterocycles. The molecule has 2 saturated heterocycles. The van der Waals surface area contributed by atoms with E-state index in [1.807, 2.05) is 6.92 Å². The Bertz CT molecular complexity index is 1060. The summed E-state index contributed by atoms with van der Waals surface area (Å²) >= 11 is 0. The predicted molar refractivity (Wildman–Crippen MR) is 113 cm³/mol. The van der Waals surface area contributed by atoms with Crippen molar-refractivity contribution in [2.75, 3.05) is 0 Å². The van der Waals surface area contributed by atoms with E-state index < -0.39 is 10.0 Å². The summed E-state index contributed by atoms with van der Waals surface area (Å²) in [6.45, 7) is 1.92. The van der Waals surface area contributed by atoms with E-state index in [0.29, 0.717) is 41.5 Å². The Labute approximate surface area is 182 Å². The summed E-state index contributed by atoms with van der Waals surface area (Å²) in [5.41, 5.74) is 0.915. The summed E-state index contributed by atoms with van der Waals surface area (Å²) in [6.07, 6.45) is 8.21. The number of rotatable bonds is 6. The molecule has 1 aliphatic carbocycles. The zero-order valence-electron chi connectivity index (χ0n) is 17.7. The van der Waals surface area contributed by atoms with Crippen LogP contribution in [0.1, 0.15) is 79.7 Å². The molecule has 2 atom stereocenters. The second-order valence-corrected chi connectivity index (χ2v) is 10.7. The van der Waals surface area contributed by atoms with Gasteiger partial charge in [-0.25, -0.2) is 8.42 Å². The van der Waals surface area contributed by atoms with Crippen LogP contribution < -0.4 is 5.32 Å². The number of pyridine rings is 1. The van der Waals surface area contributed by atoms with Gasteiger partial charge in [0, 0.05) is 36.3 Å². The minimum Gasteiger partial charge on any atom is -0.360 e. The van der Waals surface area contributed by atoms with Crippen LogP contribution >= 0.6 is 0 Å². The van der Waals surface area contributed by atoms with Crippen molar-refractivity contribution in [1.29, 1.82) is 0 Å². The Hall–Kier alpha value is -2.26. The number of nitrogens with zero attached hydrogens (tertiary/aromatic N) is 3. The molecular weight excluding hydrogens is 416 g/mol. The summed E-state index contributed by atoms with van der Waals surface area (Å²) in [6, 6.07) is 4.77. The van der Waals surface area contributed by atoms with Gasteiger partial charge in [-0.3, -0.25) is 9.78 Å². The second kappa shape index (κ2) is 8.02. The van der Waals surface area contributed by atoms with Gasteiger partial charge in [0.25, 0.3) is 5.91 Å². The Morgan fingerprint density at radius 2 is 1.97 bits per heavy atom. The third-order valence-corrected chi connectivity index (χ3v) is 8.80. The van der Waals surface area contributed by atoms with Crippen molar-refractivity contribution in [3.05, 3.63) is 41.5 Å². The molecule has 5 rings (SSSR count). The highest BCUT2D eigenvalue weighted by Crippen LogP contribution is 2.41. The van der Waals surface area contributed by atoms with E-state index in [1.165, 1.54) is 0 Å². The minimum atomic E-state index is -3.64. The third-order valence-electron chi connectivity index (χ3n) is 6.72. The van der Waals surface area contributed by atoms with E-state index in [9.17, 15) is 13.2 Å². The maximum absolute atomic E-state index is 13.6. The van der Waals surface area contributed by atoms with Crippen LogP contribution in [-0.4, -0.2) is 46.9 Å². The van der Waals surface area contributed by atoms with Crippen LogP contribution in [-0.2, 0) is 16.4 Å². The number of carbonyl (C=O) groups is 1. The summed E-state index contributed by atoms with van der Waals surface area (Å²) in [4.78, 5) is 17.3. The fourth-order valence-corrected chi connectivity index (χ4v) is 7.24.